The molecule has 5 heteroatoms. The van der Waals surface area contributed by atoms with Gasteiger partial charge < -0.3 is 4.74 Å². The van der Waals surface area contributed by atoms with E-state index < -0.39 is 0 Å². The molecule has 0 radical (unpaired) electrons. The van der Waals surface area contributed by atoms with E-state index in [0.717, 1.165) is 65.3 Å². The molecular formula is C41H40N4O. The van der Waals surface area contributed by atoms with E-state index in [1.54, 1.807) is 0 Å². The van der Waals surface area contributed by atoms with Gasteiger partial charge >= 0.3 is 0 Å². The first-order valence-electron chi connectivity index (χ1n) is 16.4. The maximum Gasteiger partial charge on any atom is 0.137 e. The summed E-state index contributed by atoms with van der Waals surface area (Å²) >= 11 is 0. The minimum absolute atomic E-state index is 0.658. The van der Waals surface area contributed by atoms with E-state index in [1.807, 2.05) is 35.3 Å². The van der Waals surface area contributed by atoms with Gasteiger partial charge in [0, 0.05) is 40.9 Å². The van der Waals surface area contributed by atoms with Crippen LogP contribution in [0.25, 0.3) is 44.4 Å². The predicted molar refractivity (Wildman–Crippen MR) is 190 cm³/mol. The van der Waals surface area contributed by atoms with Gasteiger partial charge in [-0.3, -0.25) is 4.57 Å². The molecule has 46 heavy (non-hydrogen) atoms. The molecule has 5 nitrogen and oxygen atoms in total. The van der Waals surface area contributed by atoms with Gasteiger partial charge in [-0.1, -0.05) is 69.7 Å². The lowest BCUT2D eigenvalue weighted by Crippen LogP contribution is -2.00. The van der Waals surface area contributed by atoms with Crippen molar-refractivity contribution >= 4 is 21.8 Å². The zero-order valence-corrected chi connectivity index (χ0v) is 27.1. The summed E-state index contributed by atoms with van der Waals surface area (Å²) in [5.41, 5.74) is 9.51. The number of hydrogen-bond donors (Lipinski definition) is 0. The Labute approximate surface area is 271 Å². The van der Waals surface area contributed by atoms with Crippen molar-refractivity contribution in [3.63, 3.8) is 0 Å². The number of ether oxygens (including phenoxy) is 1. The van der Waals surface area contributed by atoms with Gasteiger partial charge in [-0.2, -0.15) is 5.10 Å². The molecule has 0 aliphatic rings. The Morgan fingerprint density at radius 1 is 0.783 bits per heavy atom. The first-order chi connectivity index (χ1) is 22.5. The number of nitrogens with zero attached hydrogens (tertiary/aromatic N) is 4. The molecule has 0 unspecified atom stereocenters. The fourth-order valence-electron chi connectivity index (χ4n) is 6.49. The highest BCUT2D eigenvalue weighted by Crippen LogP contribution is 2.36. The van der Waals surface area contributed by atoms with Crippen LogP contribution < -0.4 is 4.74 Å². The van der Waals surface area contributed by atoms with E-state index in [-0.39, 0.29) is 0 Å². The Morgan fingerprint density at radius 3 is 2.48 bits per heavy atom. The highest BCUT2D eigenvalue weighted by molar-refractivity contribution is 6.09. The van der Waals surface area contributed by atoms with Gasteiger partial charge in [0.05, 0.1) is 22.9 Å². The van der Waals surface area contributed by atoms with Crippen LogP contribution in [0.3, 0.4) is 0 Å². The summed E-state index contributed by atoms with van der Waals surface area (Å²) in [6.45, 7) is 8.94. The van der Waals surface area contributed by atoms with E-state index in [1.165, 1.54) is 33.0 Å². The van der Waals surface area contributed by atoms with Crippen LogP contribution in [0.5, 0.6) is 11.5 Å². The van der Waals surface area contributed by atoms with Gasteiger partial charge in [0.2, 0.25) is 0 Å². The van der Waals surface area contributed by atoms with Crippen molar-refractivity contribution in [3.05, 3.63) is 132 Å². The summed E-state index contributed by atoms with van der Waals surface area (Å²) in [6.07, 6.45) is 10.4. The second kappa shape index (κ2) is 12.7. The number of benzene rings is 4. The summed E-state index contributed by atoms with van der Waals surface area (Å²) < 4.78 is 10.7. The smallest absolute Gasteiger partial charge is 0.137 e. The number of para-hydroxylation sites is 1. The molecule has 0 atom stereocenters. The molecule has 3 aromatic heterocycles. The Kier molecular flexibility index (Phi) is 8.15. The molecule has 3 heterocycles. The number of aryl methyl sites for hydroxylation is 3. The van der Waals surface area contributed by atoms with Gasteiger partial charge in [0.25, 0.3) is 0 Å². The SMILES string of the molecule is CCCc1cccc(C)c1-c1cnn(-c2cccc(Oc3ccc4c5ccccc5n(-c5cc(CCC(C)C)ccn5)c4c3)c2)c1. The maximum atomic E-state index is 6.51. The molecule has 0 bridgehead atoms. The molecule has 0 aliphatic heterocycles. The highest BCUT2D eigenvalue weighted by Gasteiger charge is 2.15. The van der Waals surface area contributed by atoms with Crippen LogP contribution in [0.4, 0.5) is 0 Å². The topological polar surface area (TPSA) is 44.9 Å². The maximum absolute atomic E-state index is 6.51. The lowest BCUT2D eigenvalue weighted by atomic mass is 9.95. The molecule has 0 amide bonds. The zero-order chi connectivity index (χ0) is 31.6. The van der Waals surface area contributed by atoms with Gasteiger partial charge in [-0.15, -0.1) is 0 Å². The van der Waals surface area contributed by atoms with E-state index in [9.17, 15) is 0 Å². The van der Waals surface area contributed by atoms with E-state index in [0.29, 0.717) is 5.92 Å². The minimum Gasteiger partial charge on any atom is -0.457 e. The van der Waals surface area contributed by atoms with Crippen LogP contribution in [0.15, 0.2) is 116 Å². The van der Waals surface area contributed by atoms with Crippen LogP contribution in [-0.2, 0) is 12.8 Å². The molecule has 0 saturated heterocycles. The number of fused-ring (bicyclic) bond motifs is 3. The third-order valence-electron chi connectivity index (χ3n) is 8.76. The average molecular weight is 605 g/mol. The number of aromatic nitrogens is 4. The van der Waals surface area contributed by atoms with Crippen molar-refractivity contribution in [1.29, 1.82) is 0 Å². The standard InChI is InChI=1S/C41H40N4O/c1-5-10-31-12-8-11-29(4)41(31)32-26-43-44(27-32)33-13-9-14-34(24-33)46-35-19-20-37-36-15-6-7-16-38(36)45(39(37)25-35)40-23-30(21-22-42-40)18-17-28(2)3/h6-9,11-16,19-28H,5,10,17-18H2,1-4H3. The lowest BCUT2D eigenvalue weighted by molar-refractivity contribution is 0.483. The number of rotatable bonds is 10. The summed E-state index contributed by atoms with van der Waals surface area (Å²) in [5, 5.41) is 7.12. The second-order valence-electron chi connectivity index (χ2n) is 12.6. The summed E-state index contributed by atoms with van der Waals surface area (Å²) in [4.78, 5) is 4.83. The van der Waals surface area contributed by atoms with Crippen molar-refractivity contribution in [2.45, 2.75) is 53.4 Å². The molecule has 4 aromatic carbocycles. The summed E-state index contributed by atoms with van der Waals surface area (Å²) in [5.74, 6) is 3.12. The van der Waals surface area contributed by atoms with Crippen LogP contribution in [-0.4, -0.2) is 19.3 Å². The third kappa shape index (κ3) is 5.81. The average Bonchev–Trinajstić information content (AvgIpc) is 3.67. The Bertz CT molecular complexity index is 2150. The molecule has 0 N–H and O–H groups in total. The molecular weight excluding hydrogens is 564 g/mol. The van der Waals surface area contributed by atoms with E-state index in [2.05, 4.69) is 117 Å². The highest BCUT2D eigenvalue weighted by atomic mass is 16.5. The monoisotopic (exact) mass is 604 g/mol. The van der Waals surface area contributed by atoms with Crippen LogP contribution in [0.2, 0.25) is 0 Å². The number of hydrogen-bond acceptors (Lipinski definition) is 3. The molecule has 230 valence electrons. The van der Waals surface area contributed by atoms with Gasteiger partial charge in [0.1, 0.15) is 17.3 Å². The Hall–Kier alpha value is -5.16. The molecule has 0 spiro atoms. The first kappa shape index (κ1) is 29.5. The lowest BCUT2D eigenvalue weighted by Gasteiger charge is -2.11. The number of pyridine rings is 1. The summed E-state index contributed by atoms with van der Waals surface area (Å²) in [7, 11) is 0. The second-order valence-corrected chi connectivity index (χ2v) is 12.6. The van der Waals surface area contributed by atoms with Gasteiger partial charge in [-0.25, -0.2) is 9.67 Å². The van der Waals surface area contributed by atoms with Crippen molar-refractivity contribution in [1.82, 2.24) is 19.3 Å². The normalized spacial score (nSPS) is 11.6. The molecule has 7 aromatic rings. The van der Waals surface area contributed by atoms with Crippen molar-refractivity contribution in [2.24, 2.45) is 5.92 Å². The summed E-state index contributed by atoms with van der Waals surface area (Å²) in [6, 6.07) is 33.9. The Balaban J connectivity index is 1.22. The van der Waals surface area contributed by atoms with Crippen LogP contribution in [0, 0.1) is 12.8 Å². The van der Waals surface area contributed by atoms with Crippen molar-refractivity contribution in [3.8, 4) is 34.1 Å². The fourth-order valence-corrected chi connectivity index (χ4v) is 6.49. The largest absolute Gasteiger partial charge is 0.457 e. The molecule has 0 saturated carbocycles. The fraction of sp³-hybridized carbons (Fsp3) is 0.220. The van der Waals surface area contributed by atoms with Gasteiger partial charge in [-0.05, 0) is 96.8 Å². The van der Waals surface area contributed by atoms with Gasteiger partial charge in [0.15, 0.2) is 0 Å². The Morgan fingerprint density at radius 2 is 1.61 bits per heavy atom. The van der Waals surface area contributed by atoms with Crippen LogP contribution >= 0.6 is 0 Å². The van der Waals surface area contributed by atoms with Crippen LogP contribution in [0.1, 0.15) is 50.3 Å². The van der Waals surface area contributed by atoms with Crippen molar-refractivity contribution < 1.29 is 4.74 Å². The first-order valence-corrected chi connectivity index (χ1v) is 16.4. The predicted octanol–water partition coefficient (Wildman–Crippen LogP) is 10.7. The quantitative estimate of drug-likeness (QED) is 0.156. The third-order valence-corrected chi connectivity index (χ3v) is 8.76. The van der Waals surface area contributed by atoms with Crippen molar-refractivity contribution in [2.75, 3.05) is 0 Å². The minimum atomic E-state index is 0.658. The molecule has 0 fully saturated rings. The molecule has 7 rings (SSSR count). The molecule has 0 aliphatic carbocycles. The zero-order valence-electron chi connectivity index (χ0n) is 27.1. The van der Waals surface area contributed by atoms with E-state index in [4.69, 9.17) is 14.8 Å². The van der Waals surface area contributed by atoms with E-state index >= 15 is 0 Å².